The van der Waals surface area contributed by atoms with Crippen LogP contribution < -0.4 is 9.80 Å². The van der Waals surface area contributed by atoms with E-state index in [2.05, 4.69) is 14.9 Å². The second kappa shape index (κ2) is 7.11. The molecule has 1 atom stereocenters. The highest BCUT2D eigenvalue weighted by Gasteiger charge is 2.51. The lowest BCUT2D eigenvalue weighted by Crippen LogP contribution is -2.64. The number of rotatable bonds is 3. The fourth-order valence-corrected chi connectivity index (χ4v) is 4.75. The van der Waals surface area contributed by atoms with Gasteiger partial charge in [0, 0.05) is 32.1 Å². The predicted molar refractivity (Wildman–Crippen MR) is 112 cm³/mol. The van der Waals surface area contributed by atoms with Crippen molar-refractivity contribution in [2.75, 3.05) is 23.4 Å². The first-order valence-corrected chi connectivity index (χ1v) is 10.4. The zero-order valence-electron chi connectivity index (χ0n) is 17.3. The van der Waals surface area contributed by atoms with Gasteiger partial charge in [0.15, 0.2) is 5.82 Å². The van der Waals surface area contributed by atoms with E-state index in [-0.39, 0.29) is 17.3 Å². The van der Waals surface area contributed by atoms with Gasteiger partial charge in [0.05, 0.1) is 11.8 Å². The van der Waals surface area contributed by atoms with Crippen molar-refractivity contribution in [1.82, 2.24) is 19.5 Å². The Morgan fingerprint density at radius 2 is 2.03 bits per heavy atom. The quantitative estimate of drug-likeness (QED) is 0.641. The van der Waals surface area contributed by atoms with Crippen molar-refractivity contribution in [3.63, 3.8) is 0 Å². The van der Waals surface area contributed by atoms with Crippen LogP contribution in [0.1, 0.15) is 32.6 Å². The largest absolute Gasteiger partial charge is 0.340 e. The van der Waals surface area contributed by atoms with E-state index in [1.807, 2.05) is 6.92 Å². The van der Waals surface area contributed by atoms with Crippen LogP contribution in [-0.4, -0.2) is 44.6 Å². The van der Waals surface area contributed by atoms with Gasteiger partial charge in [-0.25, -0.2) is 18.7 Å². The van der Waals surface area contributed by atoms with Crippen molar-refractivity contribution in [2.24, 2.45) is 0 Å². The highest BCUT2D eigenvalue weighted by Crippen LogP contribution is 2.44. The number of anilines is 2. The summed E-state index contributed by atoms with van der Waals surface area (Å²) in [4.78, 5) is 30.5. The van der Waals surface area contributed by atoms with Gasteiger partial charge in [-0.2, -0.15) is 4.98 Å². The molecule has 1 saturated heterocycles. The van der Waals surface area contributed by atoms with E-state index in [1.54, 1.807) is 28.9 Å². The number of nitrogens with zero attached hydrogens (tertiary/aromatic N) is 6. The number of benzene rings is 1. The zero-order valence-corrected chi connectivity index (χ0v) is 17.3. The van der Waals surface area contributed by atoms with E-state index in [9.17, 15) is 13.6 Å². The molecule has 3 aromatic rings. The summed E-state index contributed by atoms with van der Waals surface area (Å²) in [5, 5.41) is 0. The molecule has 0 spiro atoms. The van der Waals surface area contributed by atoms with Gasteiger partial charge in [-0.05, 0) is 37.8 Å². The summed E-state index contributed by atoms with van der Waals surface area (Å²) in [5.74, 6) is -0.0237. The van der Waals surface area contributed by atoms with Crippen molar-refractivity contribution in [3.8, 4) is 17.3 Å². The normalized spacial score (nSPS) is 20.6. The van der Waals surface area contributed by atoms with Crippen LogP contribution in [0, 0.1) is 11.6 Å². The van der Waals surface area contributed by atoms with Gasteiger partial charge in [-0.3, -0.25) is 9.36 Å². The summed E-state index contributed by atoms with van der Waals surface area (Å²) in [6, 6.07) is 3.36. The second-order valence-corrected chi connectivity index (χ2v) is 7.98. The van der Waals surface area contributed by atoms with Crippen molar-refractivity contribution in [1.29, 1.82) is 0 Å². The van der Waals surface area contributed by atoms with Crippen LogP contribution in [0.25, 0.3) is 17.3 Å². The SMILES string of the molecule is CCC12CCCCN1c1nc(-n3ccnc3-c3ccc(F)cc3F)ncc1N(C)C2=O. The number of amides is 1. The fraction of sp³-hybridized carbons (Fsp3) is 0.364. The standard InChI is InChI=1S/C22H22F2N6O/c1-3-22-8-4-5-10-30(22)19-17(28(2)20(22)31)13-26-21(27-19)29-11-9-25-18(29)15-7-6-14(23)12-16(15)24/h6-7,9,11-13H,3-5,8,10H2,1-2H3. The molecule has 5 rings (SSSR count). The van der Waals surface area contributed by atoms with Gasteiger partial charge in [0.25, 0.3) is 5.91 Å². The number of carbonyl (C=O) groups excluding carboxylic acids is 1. The van der Waals surface area contributed by atoms with Crippen molar-refractivity contribution in [3.05, 3.63) is 48.4 Å². The average molecular weight is 424 g/mol. The Morgan fingerprint density at radius 3 is 2.81 bits per heavy atom. The average Bonchev–Trinajstić information content (AvgIpc) is 3.26. The maximum Gasteiger partial charge on any atom is 0.252 e. The number of hydrogen-bond donors (Lipinski definition) is 0. The number of halogens is 2. The minimum atomic E-state index is -0.711. The molecule has 1 unspecified atom stereocenters. The van der Waals surface area contributed by atoms with Crippen molar-refractivity contribution < 1.29 is 13.6 Å². The first-order valence-electron chi connectivity index (χ1n) is 10.4. The molecule has 31 heavy (non-hydrogen) atoms. The summed E-state index contributed by atoms with van der Waals surface area (Å²) in [5.41, 5.74) is 0.196. The number of likely N-dealkylation sites (N-methyl/N-ethyl adjacent to an activating group) is 1. The first-order chi connectivity index (χ1) is 15.0. The summed E-state index contributed by atoms with van der Waals surface area (Å²) in [7, 11) is 1.75. The van der Waals surface area contributed by atoms with E-state index in [0.717, 1.165) is 31.9 Å². The molecule has 1 aromatic carbocycles. The Kier molecular flexibility index (Phi) is 4.49. The van der Waals surface area contributed by atoms with Gasteiger partial charge in [0.1, 0.15) is 28.7 Å². The topological polar surface area (TPSA) is 67.2 Å². The molecule has 9 heteroatoms. The van der Waals surface area contributed by atoms with E-state index in [0.29, 0.717) is 23.9 Å². The van der Waals surface area contributed by atoms with E-state index < -0.39 is 17.2 Å². The van der Waals surface area contributed by atoms with E-state index in [4.69, 9.17) is 4.98 Å². The number of hydrogen-bond acceptors (Lipinski definition) is 5. The van der Waals surface area contributed by atoms with Gasteiger partial charge in [-0.15, -0.1) is 0 Å². The van der Waals surface area contributed by atoms with Gasteiger partial charge in [0.2, 0.25) is 5.95 Å². The third-order valence-corrected chi connectivity index (χ3v) is 6.41. The van der Waals surface area contributed by atoms with Crippen LogP contribution in [0.15, 0.2) is 36.8 Å². The van der Waals surface area contributed by atoms with Crippen LogP contribution in [0.3, 0.4) is 0 Å². The molecule has 2 aliphatic heterocycles. The van der Waals surface area contributed by atoms with Crippen LogP contribution in [-0.2, 0) is 4.79 Å². The molecule has 1 fully saturated rings. The molecule has 7 nitrogen and oxygen atoms in total. The lowest BCUT2D eigenvalue weighted by Gasteiger charge is -2.51. The number of piperidine rings is 1. The van der Waals surface area contributed by atoms with Gasteiger partial charge < -0.3 is 9.80 Å². The highest BCUT2D eigenvalue weighted by molar-refractivity contribution is 6.07. The van der Waals surface area contributed by atoms with E-state index in [1.165, 1.54) is 18.3 Å². The summed E-state index contributed by atoms with van der Waals surface area (Å²) in [6.07, 6.45) is 8.22. The number of carbonyl (C=O) groups is 1. The number of imidazole rings is 1. The summed E-state index contributed by atoms with van der Waals surface area (Å²) >= 11 is 0. The van der Waals surface area contributed by atoms with Crippen LogP contribution >= 0.6 is 0 Å². The van der Waals surface area contributed by atoms with Crippen LogP contribution in [0.5, 0.6) is 0 Å². The van der Waals surface area contributed by atoms with E-state index >= 15 is 0 Å². The third-order valence-electron chi connectivity index (χ3n) is 6.41. The summed E-state index contributed by atoms with van der Waals surface area (Å²) < 4.78 is 29.3. The Labute approximate surface area is 178 Å². The molecule has 160 valence electrons. The molecule has 0 N–H and O–H groups in total. The molecular formula is C22H22F2N6O. The Bertz CT molecular complexity index is 1180. The molecule has 0 bridgehead atoms. The van der Waals surface area contributed by atoms with Gasteiger partial charge in [-0.1, -0.05) is 6.92 Å². The lowest BCUT2D eigenvalue weighted by molar-refractivity contribution is -0.124. The molecule has 4 heterocycles. The minimum Gasteiger partial charge on any atom is -0.340 e. The molecule has 0 radical (unpaired) electrons. The number of aromatic nitrogens is 4. The highest BCUT2D eigenvalue weighted by atomic mass is 19.1. The first kappa shape index (κ1) is 19.6. The zero-order chi connectivity index (χ0) is 21.8. The fourth-order valence-electron chi connectivity index (χ4n) is 4.75. The number of fused-ring (bicyclic) bond motifs is 3. The molecular weight excluding hydrogens is 402 g/mol. The maximum atomic E-state index is 14.4. The molecule has 0 aliphatic carbocycles. The molecule has 0 saturated carbocycles. The Hall–Kier alpha value is -3.36. The van der Waals surface area contributed by atoms with Gasteiger partial charge >= 0.3 is 0 Å². The minimum absolute atomic E-state index is 0.0650. The van der Waals surface area contributed by atoms with Crippen LogP contribution in [0.2, 0.25) is 0 Å². The lowest BCUT2D eigenvalue weighted by atomic mass is 9.81. The Morgan fingerprint density at radius 1 is 1.19 bits per heavy atom. The molecule has 2 aliphatic rings. The van der Waals surface area contributed by atoms with Crippen LogP contribution in [0.4, 0.5) is 20.3 Å². The van der Waals surface area contributed by atoms with Crippen molar-refractivity contribution >= 4 is 17.4 Å². The predicted octanol–water partition coefficient (Wildman–Crippen LogP) is 3.72. The second-order valence-electron chi connectivity index (χ2n) is 7.98. The molecule has 2 aromatic heterocycles. The smallest absolute Gasteiger partial charge is 0.252 e. The summed E-state index contributed by atoms with van der Waals surface area (Å²) in [6.45, 7) is 2.77. The maximum absolute atomic E-state index is 14.4. The molecule has 1 amide bonds. The monoisotopic (exact) mass is 424 g/mol. The Balaban J connectivity index is 1.64. The van der Waals surface area contributed by atoms with Crippen molar-refractivity contribution in [2.45, 2.75) is 38.1 Å². The third kappa shape index (κ3) is 2.83.